The molecule has 0 bridgehead atoms. The van der Waals surface area contributed by atoms with Gasteiger partial charge in [-0.15, -0.1) is 0 Å². The minimum atomic E-state index is 0. The first kappa shape index (κ1) is 18.8. The van der Waals surface area contributed by atoms with E-state index in [4.69, 9.17) is 4.42 Å². The number of Topliss-reactive ketones (excluding diaryl/α,β-unsaturated/α-hetero) is 1. The van der Waals surface area contributed by atoms with E-state index in [1.165, 1.54) is 0 Å². The van der Waals surface area contributed by atoms with E-state index < -0.39 is 0 Å². The van der Waals surface area contributed by atoms with Crippen molar-refractivity contribution in [1.29, 1.82) is 0 Å². The molecule has 1 saturated heterocycles. The molecule has 3 fully saturated rings. The number of furan rings is 1. The molecule has 2 aliphatic carbocycles. The summed E-state index contributed by atoms with van der Waals surface area (Å²) in [4.78, 5) is 14.3. The van der Waals surface area contributed by atoms with Gasteiger partial charge in [-0.05, 0) is 76.8 Å². The maximum Gasteiger partial charge on any atom is 2.00 e. The Kier molecular flexibility index (Phi) is 7.39. The Labute approximate surface area is 150 Å². The van der Waals surface area contributed by atoms with E-state index in [-0.39, 0.29) is 28.9 Å². The molecule has 10 radical (unpaired) electrons. The second-order valence-electron chi connectivity index (χ2n) is 5.44. The van der Waals surface area contributed by atoms with Gasteiger partial charge in [0.25, 0.3) is 0 Å². The molecule has 3 atom stereocenters. The molecule has 2 heterocycles. The van der Waals surface area contributed by atoms with E-state index in [0.717, 1.165) is 11.7 Å². The number of hydrogen-bond donors (Lipinski definition) is 0. The molecule has 1 aliphatic heterocycles. The van der Waals surface area contributed by atoms with E-state index in [2.05, 4.69) is 11.8 Å². The zero-order valence-corrected chi connectivity index (χ0v) is 14.0. The van der Waals surface area contributed by atoms with Crippen LogP contribution in [0.3, 0.4) is 0 Å². The van der Waals surface area contributed by atoms with Gasteiger partial charge in [0.2, 0.25) is 0 Å². The minimum Gasteiger partial charge on any atom is -0.468 e. The van der Waals surface area contributed by atoms with Crippen molar-refractivity contribution in [2.75, 3.05) is 0 Å². The third-order valence-electron chi connectivity index (χ3n) is 3.94. The second-order valence-corrected chi connectivity index (χ2v) is 5.44. The summed E-state index contributed by atoms with van der Waals surface area (Å²) in [7, 11) is 0. The van der Waals surface area contributed by atoms with Gasteiger partial charge in [0.05, 0.1) is 24.8 Å². The quantitative estimate of drug-likeness (QED) is 0.619. The Bertz CT molecular complexity index is 456. The zero-order valence-electron chi connectivity index (χ0n) is 12.9. The SMILES string of the molecule is C[C@@H]1[C@@H](C(=O)[C]2[CH][CH][CH][CH]2)N1Cc1ccco1.[CH]1[CH][CH][CH][CH]1.[Fe+2]. The summed E-state index contributed by atoms with van der Waals surface area (Å²) < 4.78 is 5.30. The molecule has 0 N–H and O–H groups in total. The molecule has 118 valence electrons. The molecule has 23 heavy (non-hydrogen) atoms. The Hall–Kier alpha value is -0.571. The van der Waals surface area contributed by atoms with Crippen LogP contribution in [0.1, 0.15) is 12.7 Å². The van der Waals surface area contributed by atoms with Crippen molar-refractivity contribution in [2.45, 2.75) is 25.6 Å². The van der Waals surface area contributed by atoms with Gasteiger partial charge in [-0.25, -0.2) is 0 Å². The first-order valence-corrected chi connectivity index (χ1v) is 7.48. The van der Waals surface area contributed by atoms with Crippen molar-refractivity contribution >= 4 is 5.78 Å². The smallest absolute Gasteiger partial charge is 0.468 e. The molecule has 4 rings (SSSR count). The fourth-order valence-corrected chi connectivity index (χ4v) is 2.63. The van der Waals surface area contributed by atoms with Crippen LogP contribution in [-0.4, -0.2) is 22.8 Å². The van der Waals surface area contributed by atoms with Crippen LogP contribution in [0.25, 0.3) is 0 Å². The maximum absolute atomic E-state index is 12.1. The van der Waals surface area contributed by atoms with Gasteiger partial charge in [-0.2, -0.15) is 0 Å². The Morgan fingerprint density at radius 3 is 2.22 bits per heavy atom. The standard InChI is InChI=1S/C14H14NO2.C5H5.Fe/c1-10-13(14(16)11-5-2-3-6-11)15(10)9-12-7-4-8-17-12;1-2-4-5-3-1;/h2-8,10,13H,9H2,1H3;1-5H;/q;;+2/t10-,13+,15?;;/m1../s1. The molecule has 2 saturated carbocycles. The van der Waals surface area contributed by atoms with Gasteiger partial charge in [0.1, 0.15) is 5.76 Å². The Balaban J connectivity index is 0.000000276. The van der Waals surface area contributed by atoms with Crippen molar-refractivity contribution in [2.24, 2.45) is 0 Å². The van der Waals surface area contributed by atoms with Crippen molar-refractivity contribution < 1.29 is 26.3 Å². The summed E-state index contributed by atoms with van der Waals surface area (Å²) in [5.74, 6) is 1.94. The number of rotatable bonds is 4. The first-order chi connectivity index (χ1) is 10.8. The van der Waals surface area contributed by atoms with Gasteiger partial charge in [0, 0.05) is 6.04 Å². The normalized spacial score (nSPS) is 29.5. The molecule has 0 spiro atoms. The molecule has 0 aromatic carbocycles. The zero-order chi connectivity index (χ0) is 15.4. The van der Waals surface area contributed by atoms with Crippen molar-refractivity contribution in [1.82, 2.24) is 4.90 Å². The molecule has 1 aromatic heterocycles. The minimum absolute atomic E-state index is 0. The largest absolute Gasteiger partial charge is 2.00 e. The number of carbonyl (C=O) groups excluding carboxylic acids is 1. The summed E-state index contributed by atoms with van der Waals surface area (Å²) in [6, 6.07) is 4.14. The van der Waals surface area contributed by atoms with Crippen LogP contribution < -0.4 is 0 Å². The Morgan fingerprint density at radius 2 is 1.70 bits per heavy atom. The van der Waals surface area contributed by atoms with Crippen molar-refractivity contribution in [3.63, 3.8) is 0 Å². The van der Waals surface area contributed by atoms with Gasteiger partial charge < -0.3 is 4.42 Å². The molecule has 3 nitrogen and oxygen atoms in total. The second kappa shape index (κ2) is 9.05. The third kappa shape index (κ3) is 4.95. The molecule has 1 aromatic rings. The van der Waals surface area contributed by atoms with Crippen LogP contribution in [0.2, 0.25) is 0 Å². The van der Waals surface area contributed by atoms with Crippen LogP contribution >= 0.6 is 0 Å². The van der Waals surface area contributed by atoms with E-state index in [1.807, 2.05) is 69.9 Å². The van der Waals surface area contributed by atoms with Crippen LogP contribution in [0.4, 0.5) is 0 Å². The average Bonchev–Trinajstić information content (AvgIpc) is 3.16. The fourth-order valence-electron chi connectivity index (χ4n) is 2.63. The van der Waals surface area contributed by atoms with Gasteiger partial charge in [-0.1, -0.05) is 0 Å². The van der Waals surface area contributed by atoms with E-state index in [9.17, 15) is 4.79 Å². The molecule has 3 aliphatic rings. The topological polar surface area (TPSA) is 33.2 Å². The summed E-state index contributed by atoms with van der Waals surface area (Å²) in [5.41, 5.74) is 0. The maximum atomic E-state index is 12.1. The Morgan fingerprint density at radius 1 is 1.09 bits per heavy atom. The van der Waals surface area contributed by atoms with Gasteiger partial charge in [0.15, 0.2) is 5.78 Å². The van der Waals surface area contributed by atoms with Crippen molar-refractivity contribution in [3.8, 4) is 0 Å². The number of hydrogen-bond acceptors (Lipinski definition) is 3. The van der Waals surface area contributed by atoms with E-state index >= 15 is 0 Å². The van der Waals surface area contributed by atoms with Gasteiger partial charge >= 0.3 is 17.1 Å². The molecule has 0 amide bonds. The fraction of sp³-hybridized carbons (Fsp3) is 0.211. The monoisotopic (exact) mass is 349 g/mol. The number of ketones is 1. The molecule has 4 heteroatoms. The summed E-state index contributed by atoms with van der Waals surface area (Å²) in [6.07, 6.45) is 19.2. The first-order valence-electron chi connectivity index (χ1n) is 7.48. The molecular weight excluding hydrogens is 330 g/mol. The van der Waals surface area contributed by atoms with Crippen LogP contribution in [-0.2, 0) is 28.4 Å². The summed E-state index contributed by atoms with van der Waals surface area (Å²) >= 11 is 0. The number of carbonyl (C=O) groups is 1. The van der Waals surface area contributed by atoms with Crippen LogP contribution in [0.5, 0.6) is 0 Å². The molecular formula is C19H19FeNO2+2. The summed E-state index contributed by atoms with van der Waals surface area (Å²) in [5, 5.41) is 0. The van der Waals surface area contributed by atoms with E-state index in [0.29, 0.717) is 12.6 Å². The van der Waals surface area contributed by atoms with Crippen molar-refractivity contribution in [3.05, 3.63) is 87.9 Å². The van der Waals surface area contributed by atoms with Crippen LogP contribution in [0.15, 0.2) is 22.8 Å². The van der Waals surface area contributed by atoms with E-state index in [1.54, 1.807) is 6.26 Å². The summed E-state index contributed by atoms with van der Waals surface area (Å²) in [6.45, 7) is 2.79. The number of nitrogens with zero attached hydrogens (tertiary/aromatic N) is 1. The molecule has 1 unspecified atom stereocenters. The average molecular weight is 349 g/mol. The van der Waals surface area contributed by atoms with Crippen LogP contribution in [0, 0.1) is 63.7 Å². The third-order valence-corrected chi connectivity index (χ3v) is 3.94. The predicted molar refractivity (Wildman–Crippen MR) is 84.5 cm³/mol. The van der Waals surface area contributed by atoms with Gasteiger partial charge in [-0.3, -0.25) is 9.69 Å². The predicted octanol–water partition coefficient (Wildman–Crippen LogP) is 2.85.